The fourth-order valence-corrected chi connectivity index (χ4v) is 3.42. The standard InChI is InChI=1S/C23H33N5O.HI/c1-2-24-23(26-14-17-28-15-7-4-8-16-28)27-18-21-12-9-13-25-22(21)29-19-20-10-5-3-6-11-20;/h3,5-6,9-13H,2,4,7-8,14-19H2,1H3,(H2,24,26,27);1H. The Labute approximate surface area is 197 Å². The summed E-state index contributed by atoms with van der Waals surface area (Å²) in [5.74, 6) is 1.48. The Morgan fingerprint density at radius 2 is 1.87 bits per heavy atom. The molecule has 0 bridgehead atoms. The highest BCUT2D eigenvalue weighted by atomic mass is 127. The molecule has 1 saturated heterocycles. The van der Waals surface area contributed by atoms with E-state index < -0.39 is 0 Å². The average molecular weight is 523 g/mol. The minimum atomic E-state index is 0. The highest BCUT2D eigenvalue weighted by Crippen LogP contribution is 2.17. The molecule has 0 amide bonds. The molecule has 164 valence electrons. The first-order valence-electron chi connectivity index (χ1n) is 10.7. The van der Waals surface area contributed by atoms with Crippen LogP contribution in [0.15, 0.2) is 53.7 Å². The van der Waals surface area contributed by atoms with Crippen molar-refractivity contribution >= 4 is 29.9 Å². The molecule has 3 rings (SSSR count). The van der Waals surface area contributed by atoms with Gasteiger partial charge in [0.05, 0.1) is 6.54 Å². The van der Waals surface area contributed by atoms with Crippen LogP contribution in [0.1, 0.15) is 37.3 Å². The largest absolute Gasteiger partial charge is 0.473 e. The van der Waals surface area contributed by atoms with E-state index >= 15 is 0 Å². The molecule has 2 N–H and O–H groups in total. The minimum absolute atomic E-state index is 0. The highest BCUT2D eigenvalue weighted by Gasteiger charge is 2.10. The van der Waals surface area contributed by atoms with E-state index in [-0.39, 0.29) is 24.0 Å². The lowest BCUT2D eigenvalue weighted by Crippen LogP contribution is -2.42. The second-order valence-corrected chi connectivity index (χ2v) is 7.27. The van der Waals surface area contributed by atoms with E-state index in [1.165, 1.54) is 32.4 Å². The van der Waals surface area contributed by atoms with Gasteiger partial charge in [0, 0.05) is 31.4 Å². The fourth-order valence-electron chi connectivity index (χ4n) is 3.42. The van der Waals surface area contributed by atoms with Gasteiger partial charge in [-0.1, -0.05) is 42.8 Å². The van der Waals surface area contributed by atoms with Crippen molar-refractivity contribution < 1.29 is 4.74 Å². The number of pyridine rings is 1. The molecule has 1 aromatic heterocycles. The van der Waals surface area contributed by atoms with Crippen molar-refractivity contribution in [2.24, 2.45) is 4.99 Å². The number of aromatic nitrogens is 1. The summed E-state index contributed by atoms with van der Waals surface area (Å²) >= 11 is 0. The molecule has 6 nitrogen and oxygen atoms in total. The van der Waals surface area contributed by atoms with Crippen molar-refractivity contribution in [3.8, 4) is 5.88 Å². The number of nitrogens with one attached hydrogen (secondary N) is 2. The van der Waals surface area contributed by atoms with E-state index in [4.69, 9.17) is 9.73 Å². The second-order valence-electron chi connectivity index (χ2n) is 7.27. The number of rotatable bonds is 9. The zero-order valence-electron chi connectivity index (χ0n) is 17.8. The Hall–Kier alpha value is -1.87. The number of hydrogen-bond acceptors (Lipinski definition) is 4. The Kier molecular flexibility index (Phi) is 11.5. The first-order chi connectivity index (χ1) is 14.3. The normalized spacial score (nSPS) is 14.6. The number of guanidine groups is 1. The Morgan fingerprint density at radius 1 is 1.07 bits per heavy atom. The van der Waals surface area contributed by atoms with Crippen LogP contribution in [0.2, 0.25) is 0 Å². The third-order valence-corrected chi connectivity index (χ3v) is 4.99. The number of ether oxygens (including phenoxy) is 1. The van der Waals surface area contributed by atoms with Crippen LogP contribution >= 0.6 is 24.0 Å². The summed E-state index contributed by atoms with van der Waals surface area (Å²) in [6.45, 7) is 8.33. The number of nitrogens with zero attached hydrogens (tertiary/aromatic N) is 3. The van der Waals surface area contributed by atoms with Gasteiger partial charge >= 0.3 is 0 Å². The van der Waals surface area contributed by atoms with E-state index in [1.54, 1.807) is 6.20 Å². The van der Waals surface area contributed by atoms with Crippen molar-refractivity contribution in [1.82, 2.24) is 20.5 Å². The maximum atomic E-state index is 5.95. The van der Waals surface area contributed by atoms with Gasteiger partial charge in [0.25, 0.3) is 0 Å². The third kappa shape index (κ3) is 8.47. The van der Waals surface area contributed by atoms with E-state index in [0.717, 1.165) is 36.7 Å². The molecule has 1 aromatic carbocycles. The molecular formula is C23H34IN5O. The van der Waals surface area contributed by atoms with Crippen molar-refractivity contribution in [2.75, 3.05) is 32.7 Å². The number of piperidine rings is 1. The molecule has 1 fully saturated rings. The monoisotopic (exact) mass is 523 g/mol. The van der Waals surface area contributed by atoms with E-state index in [0.29, 0.717) is 19.0 Å². The van der Waals surface area contributed by atoms with Gasteiger partial charge in [-0.3, -0.25) is 0 Å². The summed E-state index contributed by atoms with van der Waals surface area (Å²) in [4.78, 5) is 11.7. The van der Waals surface area contributed by atoms with Crippen LogP contribution < -0.4 is 15.4 Å². The van der Waals surface area contributed by atoms with Crippen molar-refractivity contribution in [2.45, 2.75) is 39.3 Å². The first kappa shape index (κ1) is 24.4. The van der Waals surface area contributed by atoms with Crippen LogP contribution in [-0.2, 0) is 13.2 Å². The molecule has 2 aromatic rings. The summed E-state index contributed by atoms with van der Waals surface area (Å²) in [7, 11) is 0. The van der Waals surface area contributed by atoms with Gasteiger partial charge in [-0.2, -0.15) is 0 Å². The predicted octanol–water partition coefficient (Wildman–Crippen LogP) is 3.82. The molecule has 0 saturated carbocycles. The van der Waals surface area contributed by atoms with Crippen LogP contribution in [0, 0.1) is 0 Å². The lowest BCUT2D eigenvalue weighted by molar-refractivity contribution is 0.232. The zero-order chi connectivity index (χ0) is 20.2. The van der Waals surface area contributed by atoms with Crippen LogP contribution in [0.4, 0.5) is 0 Å². The molecule has 2 heterocycles. The molecule has 0 atom stereocenters. The lowest BCUT2D eigenvalue weighted by Gasteiger charge is -2.26. The van der Waals surface area contributed by atoms with E-state index in [9.17, 15) is 0 Å². The summed E-state index contributed by atoms with van der Waals surface area (Å²) in [6.07, 6.45) is 5.77. The quantitative estimate of drug-likeness (QED) is 0.298. The maximum Gasteiger partial charge on any atom is 0.218 e. The van der Waals surface area contributed by atoms with Gasteiger partial charge in [0.15, 0.2) is 5.96 Å². The molecule has 30 heavy (non-hydrogen) atoms. The number of aliphatic imine (C=N–C) groups is 1. The van der Waals surface area contributed by atoms with Gasteiger partial charge in [0.1, 0.15) is 6.61 Å². The highest BCUT2D eigenvalue weighted by molar-refractivity contribution is 14.0. The minimum Gasteiger partial charge on any atom is -0.473 e. The third-order valence-electron chi connectivity index (χ3n) is 4.99. The molecule has 0 aliphatic carbocycles. The molecule has 0 unspecified atom stereocenters. The van der Waals surface area contributed by atoms with Gasteiger partial charge in [-0.25, -0.2) is 9.98 Å². The number of benzene rings is 1. The van der Waals surface area contributed by atoms with Gasteiger partial charge in [0.2, 0.25) is 5.88 Å². The topological polar surface area (TPSA) is 61.8 Å². The van der Waals surface area contributed by atoms with Crippen molar-refractivity contribution in [3.05, 3.63) is 59.8 Å². The molecule has 0 radical (unpaired) electrons. The number of halogens is 1. The molecule has 1 aliphatic heterocycles. The molecule has 1 aliphatic rings. The van der Waals surface area contributed by atoms with Crippen molar-refractivity contribution in [1.29, 1.82) is 0 Å². The SMILES string of the molecule is CCNC(=NCc1cccnc1OCc1ccccc1)NCCN1CCCCC1.I. The fraction of sp³-hybridized carbons (Fsp3) is 0.478. The number of likely N-dealkylation sites (tertiary alicyclic amines) is 1. The van der Waals surface area contributed by atoms with Gasteiger partial charge in [-0.05, 0) is 44.5 Å². The first-order valence-corrected chi connectivity index (χ1v) is 10.7. The predicted molar refractivity (Wildman–Crippen MR) is 134 cm³/mol. The zero-order valence-corrected chi connectivity index (χ0v) is 20.2. The number of hydrogen-bond donors (Lipinski definition) is 2. The summed E-state index contributed by atoms with van der Waals surface area (Å²) in [5, 5.41) is 6.78. The van der Waals surface area contributed by atoms with E-state index in [2.05, 4.69) is 39.6 Å². The Bertz CT molecular complexity index is 750. The molecule has 0 spiro atoms. The Balaban J connectivity index is 0.00000320. The van der Waals surface area contributed by atoms with Crippen LogP contribution in [-0.4, -0.2) is 48.6 Å². The average Bonchev–Trinajstić information content (AvgIpc) is 2.78. The van der Waals surface area contributed by atoms with Gasteiger partial charge < -0.3 is 20.3 Å². The molecule has 7 heteroatoms. The van der Waals surface area contributed by atoms with Crippen LogP contribution in [0.25, 0.3) is 0 Å². The smallest absolute Gasteiger partial charge is 0.218 e. The second kappa shape index (κ2) is 14.2. The molecular weight excluding hydrogens is 489 g/mol. The lowest BCUT2D eigenvalue weighted by atomic mass is 10.1. The van der Waals surface area contributed by atoms with Crippen molar-refractivity contribution in [3.63, 3.8) is 0 Å². The summed E-state index contributed by atoms with van der Waals surface area (Å²) in [6, 6.07) is 14.1. The summed E-state index contributed by atoms with van der Waals surface area (Å²) < 4.78 is 5.95. The van der Waals surface area contributed by atoms with Crippen LogP contribution in [0.5, 0.6) is 5.88 Å². The van der Waals surface area contributed by atoms with E-state index in [1.807, 2.05) is 30.3 Å². The Morgan fingerprint density at radius 3 is 2.63 bits per heavy atom. The summed E-state index contributed by atoms with van der Waals surface area (Å²) in [5.41, 5.74) is 2.11. The van der Waals surface area contributed by atoms with Gasteiger partial charge in [-0.15, -0.1) is 24.0 Å². The maximum absolute atomic E-state index is 5.95. The van der Waals surface area contributed by atoms with Crippen LogP contribution in [0.3, 0.4) is 0 Å².